The van der Waals surface area contributed by atoms with E-state index in [1.54, 1.807) is 0 Å². The minimum absolute atomic E-state index is 0. The highest BCUT2D eigenvalue weighted by molar-refractivity contribution is 5.87. The zero-order valence-electron chi connectivity index (χ0n) is 17.3. The number of nitrogens with zero attached hydrogens (tertiary/aromatic N) is 1. The first-order valence-electron chi connectivity index (χ1n) is 10.8. The lowest BCUT2D eigenvalue weighted by Gasteiger charge is -2.61. The number of halogens is 1. The van der Waals surface area contributed by atoms with Gasteiger partial charge in [-0.1, -0.05) is 19.0 Å². The summed E-state index contributed by atoms with van der Waals surface area (Å²) in [5.74, 6) is 6.28. The average molecular weight is 407 g/mol. The van der Waals surface area contributed by atoms with Gasteiger partial charge in [-0.15, -0.1) is 24.8 Å². The van der Waals surface area contributed by atoms with Gasteiger partial charge in [0, 0.05) is 24.3 Å². The number of carbonyl (C=O) groups excluding carboxylic acids is 1. The first-order valence-corrected chi connectivity index (χ1v) is 10.8. The molecule has 0 saturated heterocycles. The van der Waals surface area contributed by atoms with Gasteiger partial charge < -0.3 is 10.6 Å². The Morgan fingerprint density at radius 2 is 2.00 bits per heavy atom. The number of nitrogens with two attached hydrogens (primary N) is 1. The third kappa shape index (κ3) is 3.19. The number of rotatable bonds is 3. The summed E-state index contributed by atoms with van der Waals surface area (Å²) in [6.07, 6.45) is 14.3. The largest absolute Gasteiger partial charge is 0.395 e. The number of hydrogen-bond donors (Lipinski definition) is 1. The van der Waals surface area contributed by atoms with Crippen LogP contribution in [0.3, 0.4) is 0 Å². The summed E-state index contributed by atoms with van der Waals surface area (Å²) in [6, 6.07) is 0. The van der Waals surface area contributed by atoms with Crippen molar-refractivity contribution in [2.75, 3.05) is 13.2 Å². The smallest absolute Gasteiger partial charge is 0.139 e. The third-order valence-corrected chi connectivity index (χ3v) is 8.88. The molecule has 7 atom stereocenters. The van der Waals surface area contributed by atoms with Crippen molar-refractivity contribution in [3.8, 4) is 12.3 Å². The number of carbonyl (C=O) groups is 1. The monoisotopic (exact) mass is 406 g/mol. The van der Waals surface area contributed by atoms with Gasteiger partial charge in [-0.25, -0.2) is 0 Å². The summed E-state index contributed by atoms with van der Waals surface area (Å²) in [5.41, 5.74) is 6.84. The van der Waals surface area contributed by atoms with E-state index in [4.69, 9.17) is 17.0 Å². The Labute approximate surface area is 175 Å². The Hall–Kier alpha value is -1.05. The third-order valence-electron chi connectivity index (χ3n) is 8.88. The maximum Gasteiger partial charge on any atom is 0.139 e. The van der Waals surface area contributed by atoms with E-state index in [1.165, 1.54) is 6.42 Å². The molecule has 4 fully saturated rings. The Balaban J connectivity index is 0.00000225. The van der Waals surface area contributed by atoms with Crippen LogP contribution in [-0.2, 0) is 9.63 Å². The van der Waals surface area contributed by atoms with Crippen molar-refractivity contribution >= 4 is 23.9 Å². The fourth-order valence-electron chi connectivity index (χ4n) is 7.37. The first kappa shape index (κ1) is 21.7. The fraction of sp³-hybridized carbons (Fsp3) is 0.826. The van der Waals surface area contributed by atoms with E-state index in [-0.39, 0.29) is 29.2 Å². The van der Waals surface area contributed by atoms with Crippen LogP contribution in [-0.4, -0.2) is 24.6 Å². The fourth-order valence-corrected chi connectivity index (χ4v) is 7.37. The quantitative estimate of drug-likeness (QED) is 0.433. The standard InChI is InChI=1S/C23H34N2O2.ClH/c1-4-15-13-17-18-5-6-21(26)23(18,3)10-8-19(17)22(2)9-7-16(14-20(15)22)25-27-12-11-24;/h1,15,17-20H,5-14,24H2,2-3H3;1H/b25-16+;/t15-,17-,18-,19-,20+,22+,23-;/m0./s1. The maximum atomic E-state index is 12.6. The van der Waals surface area contributed by atoms with Crippen LogP contribution < -0.4 is 5.73 Å². The molecule has 0 aromatic heterocycles. The molecule has 4 aliphatic carbocycles. The SMILES string of the molecule is C#C[C@H]1C[C@@H]2[C@H](CC[C@]3(C)C(=O)CC[C@@H]23)[C@@]2(C)CC/C(=N\OCCN)C[C@H]12.Cl. The van der Waals surface area contributed by atoms with Gasteiger partial charge in [0.05, 0.1) is 5.71 Å². The van der Waals surface area contributed by atoms with E-state index in [1.807, 2.05) is 0 Å². The van der Waals surface area contributed by atoms with Crippen LogP contribution in [0, 0.1) is 52.8 Å². The highest BCUT2D eigenvalue weighted by Crippen LogP contribution is 2.66. The van der Waals surface area contributed by atoms with Crippen LogP contribution in [0.15, 0.2) is 5.16 Å². The van der Waals surface area contributed by atoms with Gasteiger partial charge in [0.25, 0.3) is 0 Å². The molecule has 4 nitrogen and oxygen atoms in total. The van der Waals surface area contributed by atoms with Gasteiger partial charge in [-0.05, 0) is 74.0 Å². The number of fused-ring (bicyclic) bond motifs is 5. The molecule has 2 N–H and O–H groups in total. The zero-order chi connectivity index (χ0) is 19.2. The first-order chi connectivity index (χ1) is 12.9. The van der Waals surface area contributed by atoms with E-state index in [0.29, 0.717) is 42.6 Å². The Kier molecular flexibility index (Phi) is 6.18. The molecule has 4 saturated carbocycles. The van der Waals surface area contributed by atoms with Gasteiger partial charge >= 0.3 is 0 Å². The Morgan fingerprint density at radius 1 is 1.21 bits per heavy atom. The summed E-state index contributed by atoms with van der Waals surface area (Å²) in [7, 11) is 0. The lowest BCUT2D eigenvalue weighted by Crippen LogP contribution is -2.56. The molecule has 0 amide bonds. The Bertz CT molecular complexity index is 687. The van der Waals surface area contributed by atoms with E-state index >= 15 is 0 Å². The van der Waals surface area contributed by atoms with E-state index in [0.717, 1.165) is 50.7 Å². The van der Waals surface area contributed by atoms with Crippen molar-refractivity contribution in [2.45, 2.75) is 65.2 Å². The van der Waals surface area contributed by atoms with E-state index in [2.05, 4.69) is 24.9 Å². The maximum absolute atomic E-state index is 12.6. The van der Waals surface area contributed by atoms with Crippen molar-refractivity contribution in [1.82, 2.24) is 0 Å². The topological polar surface area (TPSA) is 64.7 Å². The molecule has 0 radical (unpaired) electrons. The highest BCUT2D eigenvalue weighted by atomic mass is 35.5. The van der Waals surface area contributed by atoms with Crippen LogP contribution in [0.5, 0.6) is 0 Å². The average Bonchev–Trinajstić information content (AvgIpc) is 2.96. The molecule has 4 rings (SSSR count). The van der Waals surface area contributed by atoms with Crippen molar-refractivity contribution in [3.05, 3.63) is 0 Å². The molecule has 0 unspecified atom stereocenters. The van der Waals surface area contributed by atoms with Crippen molar-refractivity contribution in [3.63, 3.8) is 0 Å². The van der Waals surface area contributed by atoms with Gasteiger partial charge in [-0.3, -0.25) is 4.79 Å². The normalized spacial score (nSPS) is 46.0. The molecule has 156 valence electrons. The minimum atomic E-state index is -0.0825. The molecule has 0 heterocycles. The lowest BCUT2D eigenvalue weighted by atomic mass is 9.43. The second kappa shape index (κ2) is 8.00. The molecule has 0 aromatic rings. The van der Waals surface area contributed by atoms with Crippen LogP contribution in [0.2, 0.25) is 0 Å². The van der Waals surface area contributed by atoms with E-state index < -0.39 is 0 Å². The number of hydrogen-bond acceptors (Lipinski definition) is 4. The van der Waals surface area contributed by atoms with Gasteiger partial charge in [0.15, 0.2) is 0 Å². The molecule has 0 bridgehead atoms. The summed E-state index contributed by atoms with van der Waals surface area (Å²) in [6.45, 7) is 5.69. The highest BCUT2D eigenvalue weighted by Gasteiger charge is 2.61. The number of Topliss-reactive ketones (excluding diaryl/α,β-unsaturated/α-hetero) is 1. The summed E-state index contributed by atoms with van der Waals surface area (Å²) in [5, 5.41) is 4.37. The van der Waals surface area contributed by atoms with Crippen molar-refractivity contribution < 1.29 is 9.63 Å². The van der Waals surface area contributed by atoms with Crippen molar-refractivity contribution in [2.24, 2.45) is 51.3 Å². The van der Waals surface area contributed by atoms with Gasteiger partial charge in [0.2, 0.25) is 0 Å². The molecule has 0 aromatic carbocycles. The molecule has 4 aliphatic rings. The molecular weight excluding hydrogens is 372 g/mol. The van der Waals surface area contributed by atoms with Gasteiger partial charge in [0.1, 0.15) is 12.4 Å². The molecular formula is C23H35ClN2O2. The predicted molar refractivity (Wildman–Crippen MR) is 114 cm³/mol. The molecule has 5 heteroatoms. The van der Waals surface area contributed by atoms with Crippen LogP contribution in [0.1, 0.15) is 65.2 Å². The Morgan fingerprint density at radius 3 is 2.71 bits per heavy atom. The van der Waals surface area contributed by atoms with Crippen LogP contribution >= 0.6 is 12.4 Å². The van der Waals surface area contributed by atoms with Crippen LogP contribution in [0.25, 0.3) is 0 Å². The van der Waals surface area contributed by atoms with Crippen LogP contribution in [0.4, 0.5) is 0 Å². The lowest BCUT2D eigenvalue weighted by molar-refractivity contribution is -0.139. The second-order valence-electron chi connectivity index (χ2n) is 9.90. The van der Waals surface area contributed by atoms with E-state index in [9.17, 15) is 4.79 Å². The second-order valence-corrected chi connectivity index (χ2v) is 9.90. The number of terminal acetylenes is 1. The minimum Gasteiger partial charge on any atom is -0.395 e. The van der Waals surface area contributed by atoms with Gasteiger partial charge in [-0.2, -0.15) is 0 Å². The zero-order valence-corrected chi connectivity index (χ0v) is 18.1. The van der Waals surface area contributed by atoms with Crippen molar-refractivity contribution in [1.29, 1.82) is 0 Å². The summed E-state index contributed by atoms with van der Waals surface area (Å²) < 4.78 is 0. The number of oxime groups is 1. The number of ketones is 1. The molecule has 28 heavy (non-hydrogen) atoms. The predicted octanol–water partition coefficient (Wildman–Crippen LogP) is 4.21. The molecule has 0 spiro atoms. The summed E-state index contributed by atoms with van der Waals surface area (Å²) >= 11 is 0. The summed E-state index contributed by atoms with van der Waals surface area (Å²) in [4.78, 5) is 18.0. The molecule has 0 aliphatic heterocycles.